The van der Waals surface area contributed by atoms with Gasteiger partial charge in [-0.05, 0) is 53.3 Å². The van der Waals surface area contributed by atoms with Crippen molar-refractivity contribution in [3.8, 4) is 0 Å². The third-order valence-corrected chi connectivity index (χ3v) is 5.83. The predicted octanol–water partition coefficient (Wildman–Crippen LogP) is 6.52. The van der Waals surface area contributed by atoms with Gasteiger partial charge in [-0.25, -0.2) is 0 Å². The normalized spacial score (nSPS) is 15.6. The van der Waals surface area contributed by atoms with Crippen LogP contribution in [0.4, 0.5) is 0 Å². The molecule has 1 heteroatoms. The molecule has 4 rings (SSSR count). The molecule has 0 unspecified atom stereocenters. The van der Waals surface area contributed by atoms with Gasteiger partial charge in [-0.3, -0.25) is 4.90 Å². The van der Waals surface area contributed by atoms with E-state index in [0.717, 1.165) is 19.0 Å². The maximum absolute atomic E-state index is 2.41. The quantitative estimate of drug-likeness (QED) is 0.510. The molecule has 0 heterocycles. The summed E-state index contributed by atoms with van der Waals surface area (Å²) in [4.78, 5) is 2.41. The lowest BCUT2D eigenvalue weighted by Gasteiger charge is -2.22. The van der Waals surface area contributed by atoms with E-state index in [1.807, 2.05) is 0 Å². The SMILES string of the molecule is CN(Cc1ccc(C2CCCCC2)cc1)Cc1cccc2ccccc12. The lowest BCUT2D eigenvalue weighted by Crippen LogP contribution is -2.17. The van der Waals surface area contributed by atoms with Crippen molar-refractivity contribution in [3.63, 3.8) is 0 Å². The zero-order chi connectivity index (χ0) is 17.8. The van der Waals surface area contributed by atoms with Gasteiger partial charge < -0.3 is 0 Å². The minimum absolute atomic E-state index is 0.797. The highest BCUT2D eigenvalue weighted by atomic mass is 15.1. The van der Waals surface area contributed by atoms with E-state index < -0.39 is 0 Å². The molecule has 1 saturated carbocycles. The Kier molecular flexibility index (Phi) is 5.36. The molecule has 0 radical (unpaired) electrons. The van der Waals surface area contributed by atoms with Crippen molar-refractivity contribution < 1.29 is 0 Å². The molecular weight excluding hydrogens is 314 g/mol. The topological polar surface area (TPSA) is 3.24 Å². The molecule has 0 aromatic heterocycles. The van der Waals surface area contributed by atoms with Crippen molar-refractivity contribution in [2.75, 3.05) is 7.05 Å². The van der Waals surface area contributed by atoms with Crippen LogP contribution in [0, 0.1) is 0 Å². The standard InChI is InChI=1S/C25H29N/c1-26(19-24-12-7-11-23-10-5-6-13-25(23)24)18-20-14-16-22(17-15-20)21-8-3-2-4-9-21/h5-7,10-17,21H,2-4,8-9,18-19H2,1H3. The van der Waals surface area contributed by atoms with Gasteiger partial charge in [0.15, 0.2) is 0 Å². The first-order chi connectivity index (χ1) is 12.8. The van der Waals surface area contributed by atoms with Gasteiger partial charge in [0.2, 0.25) is 0 Å². The summed E-state index contributed by atoms with van der Waals surface area (Å²) in [6.07, 6.45) is 6.98. The van der Waals surface area contributed by atoms with Crippen LogP contribution in [-0.4, -0.2) is 11.9 Å². The zero-order valence-electron chi connectivity index (χ0n) is 15.8. The van der Waals surface area contributed by atoms with E-state index in [4.69, 9.17) is 0 Å². The van der Waals surface area contributed by atoms with Crippen LogP contribution in [0.25, 0.3) is 10.8 Å². The first kappa shape index (κ1) is 17.3. The van der Waals surface area contributed by atoms with Gasteiger partial charge in [-0.1, -0.05) is 86.0 Å². The molecule has 1 aliphatic carbocycles. The van der Waals surface area contributed by atoms with Crippen molar-refractivity contribution >= 4 is 10.8 Å². The smallest absolute Gasteiger partial charge is 0.0240 e. The van der Waals surface area contributed by atoms with Crippen molar-refractivity contribution in [1.82, 2.24) is 4.90 Å². The number of nitrogens with zero attached hydrogens (tertiary/aromatic N) is 1. The fourth-order valence-corrected chi connectivity index (χ4v) is 4.42. The van der Waals surface area contributed by atoms with Crippen LogP contribution >= 0.6 is 0 Å². The van der Waals surface area contributed by atoms with Crippen LogP contribution in [0.5, 0.6) is 0 Å². The van der Waals surface area contributed by atoms with Crippen molar-refractivity contribution in [2.45, 2.75) is 51.1 Å². The fourth-order valence-electron chi connectivity index (χ4n) is 4.42. The summed E-state index contributed by atoms with van der Waals surface area (Å²) in [7, 11) is 2.22. The highest BCUT2D eigenvalue weighted by molar-refractivity contribution is 5.85. The molecule has 3 aromatic carbocycles. The second kappa shape index (κ2) is 8.05. The number of rotatable bonds is 5. The van der Waals surface area contributed by atoms with Crippen LogP contribution in [0.2, 0.25) is 0 Å². The number of benzene rings is 3. The molecule has 26 heavy (non-hydrogen) atoms. The van der Waals surface area contributed by atoms with Gasteiger partial charge in [0.1, 0.15) is 0 Å². The third kappa shape index (κ3) is 3.99. The van der Waals surface area contributed by atoms with E-state index in [9.17, 15) is 0 Å². The van der Waals surface area contributed by atoms with E-state index >= 15 is 0 Å². The van der Waals surface area contributed by atoms with E-state index in [2.05, 4.69) is 78.7 Å². The minimum Gasteiger partial charge on any atom is -0.298 e. The van der Waals surface area contributed by atoms with Gasteiger partial charge in [0.05, 0.1) is 0 Å². The van der Waals surface area contributed by atoms with Crippen LogP contribution in [-0.2, 0) is 13.1 Å². The summed E-state index contributed by atoms with van der Waals surface area (Å²) in [5, 5.41) is 2.70. The largest absolute Gasteiger partial charge is 0.298 e. The Bertz CT molecular complexity index is 838. The number of hydrogen-bond donors (Lipinski definition) is 0. The second-order valence-corrected chi connectivity index (χ2v) is 7.89. The van der Waals surface area contributed by atoms with Crippen molar-refractivity contribution in [1.29, 1.82) is 0 Å². The average molecular weight is 344 g/mol. The Hall–Kier alpha value is -2.12. The third-order valence-electron chi connectivity index (χ3n) is 5.83. The van der Waals surface area contributed by atoms with Gasteiger partial charge in [0, 0.05) is 13.1 Å². The van der Waals surface area contributed by atoms with Crippen LogP contribution in [0.3, 0.4) is 0 Å². The summed E-state index contributed by atoms with van der Waals surface area (Å²) in [6.45, 7) is 1.97. The van der Waals surface area contributed by atoms with Crippen molar-refractivity contribution in [3.05, 3.63) is 83.4 Å². The molecule has 1 fully saturated rings. The minimum atomic E-state index is 0.797. The summed E-state index contributed by atoms with van der Waals surface area (Å²) < 4.78 is 0. The maximum Gasteiger partial charge on any atom is 0.0240 e. The van der Waals surface area contributed by atoms with E-state index in [1.165, 1.54) is 54.0 Å². The van der Waals surface area contributed by atoms with Gasteiger partial charge in [-0.2, -0.15) is 0 Å². The maximum atomic E-state index is 2.41. The molecular formula is C25H29N. The van der Waals surface area contributed by atoms with Gasteiger partial charge in [-0.15, -0.1) is 0 Å². The molecule has 0 N–H and O–H groups in total. The molecule has 0 bridgehead atoms. The Morgan fingerprint density at radius 3 is 2.31 bits per heavy atom. The van der Waals surface area contributed by atoms with Crippen molar-refractivity contribution in [2.24, 2.45) is 0 Å². The second-order valence-electron chi connectivity index (χ2n) is 7.89. The molecule has 3 aromatic rings. The number of hydrogen-bond acceptors (Lipinski definition) is 1. The van der Waals surface area contributed by atoms with E-state index in [-0.39, 0.29) is 0 Å². The Morgan fingerprint density at radius 1 is 0.769 bits per heavy atom. The highest BCUT2D eigenvalue weighted by Gasteiger charge is 2.15. The molecule has 1 aliphatic rings. The summed E-state index contributed by atoms with van der Waals surface area (Å²) in [5.41, 5.74) is 4.36. The molecule has 1 nitrogen and oxygen atoms in total. The molecule has 134 valence electrons. The lowest BCUT2D eigenvalue weighted by molar-refractivity contribution is 0.320. The highest BCUT2D eigenvalue weighted by Crippen LogP contribution is 2.32. The fraction of sp³-hybridized carbons (Fsp3) is 0.360. The number of fused-ring (bicyclic) bond motifs is 1. The van der Waals surface area contributed by atoms with Crippen LogP contribution in [0.15, 0.2) is 66.7 Å². The lowest BCUT2D eigenvalue weighted by atomic mass is 9.84. The molecule has 0 aliphatic heterocycles. The van der Waals surface area contributed by atoms with E-state index in [0.29, 0.717) is 0 Å². The Labute approximate surface area is 157 Å². The molecule has 0 amide bonds. The average Bonchev–Trinajstić information content (AvgIpc) is 2.69. The summed E-state index contributed by atoms with van der Waals surface area (Å²) in [5.74, 6) is 0.797. The van der Waals surface area contributed by atoms with Crippen LogP contribution in [0.1, 0.15) is 54.7 Å². The van der Waals surface area contributed by atoms with Gasteiger partial charge >= 0.3 is 0 Å². The zero-order valence-corrected chi connectivity index (χ0v) is 15.8. The monoisotopic (exact) mass is 343 g/mol. The Morgan fingerprint density at radius 2 is 1.50 bits per heavy atom. The summed E-state index contributed by atoms with van der Waals surface area (Å²) in [6, 6.07) is 24.7. The molecule has 0 atom stereocenters. The summed E-state index contributed by atoms with van der Waals surface area (Å²) >= 11 is 0. The Balaban J connectivity index is 1.42. The first-order valence-corrected chi connectivity index (χ1v) is 10.0. The van der Waals surface area contributed by atoms with Crippen LogP contribution < -0.4 is 0 Å². The molecule has 0 saturated heterocycles. The van der Waals surface area contributed by atoms with E-state index in [1.54, 1.807) is 5.56 Å². The first-order valence-electron chi connectivity index (χ1n) is 10.0. The predicted molar refractivity (Wildman–Crippen MR) is 111 cm³/mol. The van der Waals surface area contributed by atoms with Gasteiger partial charge in [0.25, 0.3) is 0 Å². The molecule has 0 spiro atoms.